The Hall–Kier alpha value is -4.08. The third kappa shape index (κ3) is 4.19. The van der Waals surface area contributed by atoms with Crippen molar-refractivity contribution in [2.45, 2.75) is 6.54 Å². The van der Waals surface area contributed by atoms with E-state index in [2.05, 4.69) is 15.1 Å². The summed E-state index contributed by atoms with van der Waals surface area (Å²) in [7, 11) is 0. The van der Waals surface area contributed by atoms with E-state index in [1.165, 1.54) is 35.1 Å². The normalized spacial score (nSPS) is 14.1. The molecule has 0 unspecified atom stereocenters. The van der Waals surface area contributed by atoms with Gasteiger partial charge in [0.1, 0.15) is 30.0 Å². The van der Waals surface area contributed by atoms with Gasteiger partial charge in [0.05, 0.1) is 5.69 Å². The highest BCUT2D eigenvalue weighted by molar-refractivity contribution is 5.76. The minimum Gasteiger partial charge on any atom is -0.368 e. The molecular weight excluding hydrogens is 430 g/mol. The number of fused-ring (bicyclic) bond motifs is 1. The van der Waals surface area contributed by atoms with Gasteiger partial charge in [-0.15, -0.1) is 0 Å². The Labute approximate surface area is 187 Å². The van der Waals surface area contributed by atoms with Crippen LogP contribution in [-0.2, 0) is 11.3 Å². The standard InChI is InChI=1S/C23H20F2N6O2/c24-17-3-1-16(2-4-17)20-13-21-23(33)30(26-15-31(21)27-20)14-22(32)29-11-9-28(10-12-29)19-7-5-18(25)6-8-19/h1-8,13,15H,9-12,14H2. The molecule has 0 aliphatic carbocycles. The lowest BCUT2D eigenvalue weighted by molar-refractivity contribution is -0.132. The van der Waals surface area contributed by atoms with Crippen molar-refractivity contribution < 1.29 is 13.6 Å². The van der Waals surface area contributed by atoms with Crippen molar-refractivity contribution in [1.82, 2.24) is 24.3 Å². The van der Waals surface area contributed by atoms with Gasteiger partial charge < -0.3 is 9.80 Å². The van der Waals surface area contributed by atoms with Crippen LogP contribution < -0.4 is 10.5 Å². The number of hydrogen-bond acceptors (Lipinski definition) is 5. The van der Waals surface area contributed by atoms with Gasteiger partial charge in [0.2, 0.25) is 5.91 Å². The lowest BCUT2D eigenvalue weighted by Gasteiger charge is -2.36. The minimum atomic E-state index is -0.434. The third-order valence-corrected chi connectivity index (χ3v) is 5.74. The highest BCUT2D eigenvalue weighted by Crippen LogP contribution is 2.19. The maximum absolute atomic E-state index is 13.2. The van der Waals surface area contributed by atoms with Gasteiger partial charge in [0.25, 0.3) is 5.56 Å². The Balaban J connectivity index is 1.28. The topological polar surface area (TPSA) is 75.7 Å². The Bertz CT molecular complexity index is 1360. The Morgan fingerprint density at radius 3 is 2.21 bits per heavy atom. The van der Waals surface area contributed by atoms with Crippen LogP contribution in [0.15, 0.2) is 65.7 Å². The average Bonchev–Trinajstić information content (AvgIpc) is 3.27. The molecule has 0 saturated carbocycles. The first kappa shape index (κ1) is 20.8. The largest absolute Gasteiger partial charge is 0.368 e. The van der Waals surface area contributed by atoms with Crippen LogP contribution in [0.25, 0.3) is 16.8 Å². The van der Waals surface area contributed by atoms with Crippen LogP contribution >= 0.6 is 0 Å². The van der Waals surface area contributed by atoms with Gasteiger partial charge in [-0.1, -0.05) is 0 Å². The zero-order valence-electron chi connectivity index (χ0n) is 17.6. The summed E-state index contributed by atoms with van der Waals surface area (Å²) in [6, 6.07) is 13.7. The van der Waals surface area contributed by atoms with Crippen LogP contribution in [0, 0.1) is 11.6 Å². The number of hydrogen-bond donors (Lipinski definition) is 0. The fourth-order valence-corrected chi connectivity index (χ4v) is 3.91. The number of rotatable bonds is 4. The molecule has 2 aromatic carbocycles. The van der Waals surface area contributed by atoms with E-state index in [1.54, 1.807) is 35.2 Å². The van der Waals surface area contributed by atoms with E-state index < -0.39 is 5.56 Å². The molecule has 1 aliphatic heterocycles. The van der Waals surface area contributed by atoms with Gasteiger partial charge in [-0.3, -0.25) is 9.59 Å². The third-order valence-electron chi connectivity index (χ3n) is 5.74. The summed E-state index contributed by atoms with van der Waals surface area (Å²) in [5.41, 5.74) is 1.93. The van der Waals surface area contributed by atoms with Gasteiger partial charge in [-0.05, 0) is 54.6 Å². The van der Waals surface area contributed by atoms with Gasteiger partial charge >= 0.3 is 0 Å². The van der Waals surface area contributed by atoms with E-state index in [0.717, 1.165) is 10.4 Å². The Morgan fingerprint density at radius 1 is 0.909 bits per heavy atom. The second kappa shape index (κ2) is 8.45. The number of carbonyl (C=O) groups excluding carboxylic acids is 1. The van der Waals surface area contributed by atoms with Crippen molar-refractivity contribution in [2.24, 2.45) is 0 Å². The molecule has 1 fully saturated rings. The van der Waals surface area contributed by atoms with Crippen molar-refractivity contribution >= 4 is 17.1 Å². The maximum atomic E-state index is 13.2. The molecule has 1 aliphatic rings. The van der Waals surface area contributed by atoms with E-state index in [1.807, 2.05) is 0 Å². The lowest BCUT2D eigenvalue weighted by Crippen LogP contribution is -2.50. The number of amides is 1. The summed E-state index contributed by atoms with van der Waals surface area (Å²) in [4.78, 5) is 29.5. The predicted octanol–water partition coefficient (Wildman–Crippen LogP) is 2.19. The molecule has 5 rings (SSSR count). The van der Waals surface area contributed by atoms with E-state index >= 15 is 0 Å². The van der Waals surface area contributed by atoms with E-state index in [0.29, 0.717) is 37.4 Å². The monoisotopic (exact) mass is 450 g/mol. The smallest absolute Gasteiger partial charge is 0.293 e. The van der Waals surface area contributed by atoms with E-state index in [4.69, 9.17) is 0 Å². The molecule has 8 nitrogen and oxygen atoms in total. The van der Waals surface area contributed by atoms with E-state index in [-0.39, 0.29) is 29.6 Å². The highest BCUT2D eigenvalue weighted by Gasteiger charge is 2.22. The van der Waals surface area contributed by atoms with Gasteiger partial charge in [-0.25, -0.2) is 18.0 Å². The first-order valence-corrected chi connectivity index (χ1v) is 10.5. The first-order valence-electron chi connectivity index (χ1n) is 10.5. The SMILES string of the molecule is O=C(Cn1ncn2nc(-c3ccc(F)cc3)cc2c1=O)N1CCN(c2ccc(F)cc2)CC1. The van der Waals surface area contributed by atoms with Crippen molar-refractivity contribution in [3.8, 4) is 11.3 Å². The van der Waals surface area contributed by atoms with Crippen LogP contribution in [-0.4, -0.2) is 56.4 Å². The molecule has 0 bridgehead atoms. The molecule has 3 heterocycles. The number of carbonyl (C=O) groups is 1. The lowest BCUT2D eigenvalue weighted by atomic mass is 10.1. The summed E-state index contributed by atoms with van der Waals surface area (Å²) in [5.74, 6) is -0.847. The number of nitrogens with zero attached hydrogens (tertiary/aromatic N) is 6. The summed E-state index contributed by atoms with van der Waals surface area (Å²) in [6.45, 7) is 2.04. The fraction of sp³-hybridized carbons (Fsp3) is 0.217. The van der Waals surface area contributed by atoms with Gasteiger partial charge in [-0.2, -0.15) is 10.2 Å². The first-order chi connectivity index (χ1) is 16.0. The van der Waals surface area contributed by atoms with Gasteiger partial charge in [0, 0.05) is 37.4 Å². The van der Waals surface area contributed by atoms with Crippen molar-refractivity contribution in [3.05, 3.63) is 82.9 Å². The molecule has 0 N–H and O–H groups in total. The molecular formula is C23H20F2N6O2. The molecule has 168 valence electrons. The van der Waals surface area contributed by atoms with Crippen molar-refractivity contribution in [3.63, 3.8) is 0 Å². The van der Waals surface area contributed by atoms with Crippen LogP contribution in [0.4, 0.5) is 14.5 Å². The molecule has 1 saturated heterocycles. The number of benzene rings is 2. The van der Waals surface area contributed by atoms with Crippen LogP contribution in [0.3, 0.4) is 0 Å². The molecule has 0 atom stereocenters. The Morgan fingerprint density at radius 2 is 1.55 bits per heavy atom. The second-order valence-corrected chi connectivity index (χ2v) is 7.80. The van der Waals surface area contributed by atoms with Crippen LogP contribution in [0.1, 0.15) is 0 Å². The predicted molar refractivity (Wildman–Crippen MR) is 118 cm³/mol. The summed E-state index contributed by atoms with van der Waals surface area (Å²) < 4.78 is 28.8. The molecule has 33 heavy (non-hydrogen) atoms. The summed E-state index contributed by atoms with van der Waals surface area (Å²) in [5, 5.41) is 8.40. The zero-order chi connectivity index (χ0) is 22.9. The molecule has 1 amide bonds. The second-order valence-electron chi connectivity index (χ2n) is 7.80. The fourth-order valence-electron chi connectivity index (χ4n) is 3.91. The summed E-state index contributed by atoms with van der Waals surface area (Å²) >= 11 is 0. The number of halogens is 2. The zero-order valence-corrected chi connectivity index (χ0v) is 17.6. The number of piperazine rings is 1. The number of aromatic nitrogens is 4. The Kier molecular flexibility index (Phi) is 5.33. The highest BCUT2D eigenvalue weighted by atomic mass is 19.1. The molecule has 4 aromatic rings. The van der Waals surface area contributed by atoms with Crippen molar-refractivity contribution in [2.75, 3.05) is 31.1 Å². The average molecular weight is 450 g/mol. The van der Waals surface area contributed by atoms with E-state index in [9.17, 15) is 18.4 Å². The van der Waals surface area contributed by atoms with Gasteiger partial charge in [0.15, 0.2) is 0 Å². The quantitative estimate of drug-likeness (QED) is 0.477. The number of anilines is 1. The molecule has 2 aromatic heterocycles. The van der Waals surface area contributed by atoms with Crippen LogP contribution in [0.5, 0.6) is 0 Å². The maximum Gasteiger partial charge on any atom is 0.293 e. The minimum absolute atomic E-state index is 0.178. The molecule has 0 radical (unpaired) electrons. The van der Waals surface area contributed by atoms with Crippen LogP contribution in [0.2, 0.25) is 0 Å². The molecule has 0 spiro atoms. The molecule has 10 heteroatoms. The summed E-state index contributed by atoms with van der Waals surface area (Å²) in [6.07, 6.45) is 1.38. The van der Waals surface area contributed by atoms with Crippen molar-refractivity contribution in [1.29, 1.82) is 0 Å².